The normalized spacial score (nSPS) is 25.2. The molecule has 1 saturated heterocycles. The van der Waals surface area contributed by atoms with Crippen LogP contribution in [0.1, 0.15) is 5.56 Å². The van der Waals surface area contributed by atoms with Crippen molar-refractivity contribution < 1.29 is 4.74 Å². The summed E-state index contributed by atoms with van der Waals surface area (Å²) >= 11 is 0. The third-order valence-corrected chi connectivity index (χ3v) is 4.67. The maximum absolute atomic E-state index is 5.44. The van der Waals surface area contributed by atoms with Crippen molar-refractivity contribution in [3.05, 3.63) is 59.4 Å². The standard InChI is InChI=1S/C18H24N4O/c1-2-4-15(5-3-1)13-21-7-6-17-16(14-21)12-19-18(20-17)22-8-10-23-11-9-22/h1-7,18-20H,8-14H2. The van der Waals surface area contributed by atoms with Crippen molar-refractivity contribution in [3.8, 4) is 0 Å². The van der Waals surface area contributed by atoms with Gasteiger partial charge >= 0.3 is 0 Å². The second kappa shape index (κ2) is 6.74. The first-order chi connectivity index (χ1) is 11.4. The highest BCUT2D eigenvalue weighted by Gasteiger charge is 2.26. The molecule has 1 unspecified atom stereocenters. The topological polar surface area (TPSA) is 39.8 Å². The predicted molar refractivity (Wildman–Crippen MR) is 90.3 cm³/mol. The largest absolute Gasteiger partial charge is 0.379 e. The van der Waals surface area contributed by atoms with Crippen molar-refractivity contribution in [1.82, 2.24) is 20.4 Å². The van der Waals surface area contributed by atoms with Gasteiger partial charge in [-0.3, -0.25) is 10.2 Å². The summed E-state index contributed by atoms with van der Waals surface area (Å²) in [5.41, 5.74) is 4.07. The van der Waals surface area contributed by atoms with E-state index in [0.29, 0.717) is 0 Å². The maximum atomic E-state index is 5.44. The molecule has 0 aliphatic carbocycles. The van der Waals surface area contributed by atoms with E-state index in [1.807, 2.05) is 0 Å². The van der Waals surface area contributed by atoms with Crippen molar-refractivity contribution in [2.45, 2.75) is 12.8 Å². The third kappa shape index (κ3) is 3.42. The Bertz CT molecular complexity index is 592. The lowest BCUT2D eigenvalue weighted by Crippen LogP contribution is -2.60. The van der Waals surface area contributed by atoms with Crippen LogP contribution >= 0.6 is 0 Å². The van der Waals surface area contributed by atoms with E-state index in [0.717, 1.165) is 45.9 Å². The van der Waals surface area contributed by atoms with E-state index in [1.54, 1.807) is 0 Å². The smallest absolute Gasteiger partial charge is 0.135 e. The van der Waals surface area contributed by atoms with Crippen molar-refractivity contribution in [2.75, 3.05) is 39.4 Å². The van der Waals surface area contributed by atoms with Gasteiger partial charge in [-0.1, -0.05) is 30.3 Å². The molecule has 4 rings (SSSR count). The summed E-state index contributed by atoms with van der Waals surface area (Å²) in [5.74, 6) is 0. The van der Waals surface area contributed by atoms with E-state index in [1.165, 1.54) is 16.8 Å². The average Bonchev–Trinajstić information content (AvgIpc) is 2.63. The zero-order valence-electron chi connectivity index (χ0n) is 13.4. The number of morpholine rings is 1. The fourth-order valence-corrected chi connectivity index (χ4v) is 3.38. The van der Waals surface area contributed by atoms with E-state index in [-0.39, 0.29) is 6.29 Å². The maximum Gasteiger partial charge on any atom is 0.135 e. The van der Waals surface area contributed by atoms with Gasteiger partial charge in [0.05, 0.1) is 13.2 Å². The second-order valence-electron chi connectivity index (χ2n) is 6.30. The molecule has 23 heavy (non-hydrogen) atoms. The molecule has 2 N–H and O–H groups in total. The van der Waals surface area contributed by atoms with E-state index in [2.05, 4.69) is 63.0 Å². The number of nitrogens with zero attached hydrogens (tertiary/aromatic N) is 2. The summed E-state index contributed by atoms with van der Waals surface area (Å²) in [6, 6.07) is 10.6. The van der Waals surface area contributed by atoms with Gasteiger partial charge < -0.3 is 15.0 Å². The summed E-state index contributed by atoms with van der Waals surface area (Å²) in [5, 5.41) is 7.25. The molecule has 0 amide bonds. The molecule has 0 bridgehead atoms. The fourth-order valence-electron chi connectivity index (χ4n) is 3.38. The van der Waals surface area contributed by atoms with Crippen LogP contribution in [0.25, 0.3) is 0 Å². The number of hydrogen-bond acceptors (Lipinski definition) is 5. The average molecular weight is 312 g/mol. The highest BCUT2D eigenvalue weighted by Crippen LogP contribution is 2.19. The van der Waals surface area contributed by atoms with Crippen LogP contribution in [-0.4, -0.2) is 55.5 Å². The second-order valence-corrected chi connectivity index (χ2v) is 6.30. The Kier molecular flexibility index (Phi) is 4.33. The monoisotopic (exact) mass is 312 g/mol. The molecule has 5 nitrogen and oxygen atoms in total. The Labute approximate surface area is 137 Å². The molecule has 3 aliphatic heterocycles. The van der Waals surface area contributed by atoms with Gasteiger partial charge in [0.15, 0.2) is 0 Å². The minimum absolute atomic E-state index is 0.225. The first-order valence-electron chi connectivity index (χ1n) is 8.38. The highest BCUT2D eigenvalue weighted by atomic mass is 16.5. The number of rotatable bonds is 3. The molecular formula is C18H24N4O. The van der Waals surface area contributed by atoms with Crippen LogP contribution in [-0.2, 0) is 11.3 Å². The molecular weight excluding hydrogens is 288 g/mol. The van der Waals surface area contributed by atoms with Gasteiger partial charge in [-0.2, -0.15) is 0 Å². The van der Waals surface area contributed by atoms with E-state index >= 15 is 0 Å². The molecule has 122 valence electrons. The molecule has 1 atom stereocenters. The van der Waals surface area contributed by atoms with Crippen LogP contribution in [0.3, 0.4) is 0 Å². The third-order valence-electron chi connectivity index (χ3n) is 4.67. The Morgan fingerprint density at radius 2 is 1.96 bits per heavy atom. The molecule has 3 heterocycles. The first-order valence-corrected chi connectivity index (χ1v) is 8.38. The van der Waals surface area contributed by atoms with Crippen LogP contribution in [0, 0.1) is 0 Å². The molecule has 1 fully saturated rings. The SMILES string of the molecule is C1=CN(Cc2ccccc2)CC2=C1NC(N1CCOCC1)NC2. The minimum atomic E-state index is 0.225. The molecule has 0 radical (unpaired) electrons. The van der Waals surface area contributed by atoms with Crippen molar-refractivity contribution in [3.63, 3.8) is 0 Å². The van der Waals surface area contributed by atoms with Gasteiger partial charge in [0, 0.05) is 44.6 Å². The molecule has 0 aromatic heterocycles. The first kappa shape index (κ1) is 14.8. The molecule has 1 aromatic carbocycles. The van der Waals surface area contributed by atoms with Crippen LogP contribution in [0.5, 0.6) is 0 Å². The molecule has 5 heteroatoms. The predicted octanol–water partition coefficient (Wildman–Crippen LogP) is 1.08. The fraction of sp³-hybridized carbons (Fsp3) is 0.444. The van der Waals surface area contributed by atoms with Crippen LogP contribution in [0.2, 0.25) is 0 Å². The number of allylic oxidation sites excluding steroid dienone is 1. The molecule has 0 saturated carbocycles. The van der Waals surface area contributed by atoms with E-state index in [9.17, 15) is 0 Å². The highest BCUT2D eigenvalue weighted by molar-refractivity contribution is 5.32. The van der Waals surface area contributed by atoms with Crippen molar-refractivity contribution in [2.24, 2.45) is 0 Å². The van der Waals surface area contributed by atoms with Crippen molar-refractivity contribution in [1.29, 1.82) is 0 Å². The number of benzene rings is 1. The van der Waals surface area contributed by atoms with Crippen molar-refractivity contribution >= 4 is 0 Å². The number of hydrogen-bond donors (Lipinski definition) is 2. The summed E-state index contributed by atoms with van der Waals surface area (Å²) in [4.78, 5) is 4.78. The number of ether oxygens (including phenoxy) is 1. The lowest BCUT2D eigenvalue weighted by Gasteiger charge is -2.41. The molecule has 0 spiro atoms. The Balaban J connectivity index is 1.38. The van der Waals surface area contributed by atoms with Gasteiger partial charge in [0.2, 0.25) is 0 Å². The van der Waals surface area contributed by atoms with Crippen LogP contribution in [0.15, 0.2) is 53.9 Å². The van der Waals surface area contributed by atoms with Gasteiger partial charge in [-0.05, 0) is 17.2 Å². The van der Waals surface area contributed by atoms with Gasteiger partial charge in [-0.15, -0.1) is 0 Å². The zero-order valence-corrected chi connectivity index (χ0v) is 13.4. The summed E-state index contributed by atoms with van der Waals surface area (Å²) in [6.07, 6.45) is 4.65. The van der Waals surface area contributed by atoms with Gasteiger partial charge in [-0.25, -0.2) is 0 Å². The molecule has 1 aromatic rings. The quantitative estimate of drug-likeness (QED) is 0.874. The Morgan fingerprint density at radius 3 is 2.78 bits per heavy atom. The Hall–Kier alpha value is -1.82. The number of nitrogens with one attached hydrogen (secondary N) is 2. The lowest BCUT2D eigenvalue weighted by molar-refractivity contribution is 0.00167. The van der Waals surface area contributed by atoms with E-state index < -0.39 is 0 Å². The summed E-state index contributed by atoms with van der Waals surface area (Å²) in [7, 11) is 0. The van der Waals surface area contributed by atoms with Crippen LogP contribution in [0.4, 0.5) is 0 Å². The summed E-state index contributed by atoms with van der Waals surface area (Å²) < 4.78 is 5.44. The van der Waals surface area contributed by atoms with Crippen LogP contribution < -0.4 is 10.6 Å². The Morgan fingerprint density at radius 1 is 1.13 bits per heavy atom. The molecule has 3 aliphatic rings. The van der Waals surface area contributed by atoms with E-state index in [4.69, 9.17) is 4.74 Å². The van der Waals surface area contributed by atoms with Gasteiger partial charge in [0.1, 0.15) is 6.29 Å². The zero-order chi connectivity index (χ0) is 15.5. The lowest BCUT2D eigenvalue weighted by atomic mass is 10.1. The van der Waals surface area contributed by atoms with Gasteiger partial charge in [0.25, 0.3) is 0 Å². The summed E-state index contributed by atoms with van der Waals surface area (Å²) in [6.45, 7) is 6.50. The minimum Gasteiger partial charge on any atom is -0.379 e.